The van der Waals surface area contributed by atoms with Gasteiger partial charge >= 0.3 is 17.9 Å². The molecule has 0 saturated carbocycles. The van der Waals surface area contributed by atoms with Crippen LogP contribution in [0.2, 0.25) is 0 Å². The number of unbranched alkanes of at least 4 members (excludes halogenated alkanes) is 30. The van der Waals surface area contributed by atoms with Gasteiger partial charge in [-0.25, -0.2) is 0 Å². The number of allylic oxidation sites excluding steroid dienone is 12. The molecular formula is C59H102O6. The minimum absolute atomic E-state index is 0.0853. The van der Waals surface area contributed by atoms with Crippen LogP contribution in [0.15, 0.2) is 72.9 Å². The molecule has 6 heteroatoms. The normalized spacial score (nSPS) is 12.6. The Kier molecular flexibility index (Phi) is 50.9. The molecule has 0 aliphatic heterocycles. The minimum atomic E-state index is -0.789. The Balaban J connectivity index is 4.42. The zero-order valence-electron chi connectivity index (χ0n) is 42.7. The molecule has 0 radical (unpaired) electrons. The van der Waals surface area contributed by atoms with Crippen LogP contribution in [-0.2, 0) is 28.6 Å². The fraction of sp³-hybridized carbons (Fsp3) is 0.746. The first-order valence-electron chi connectivity index (χ1n) is 27.5. The SMILES string of the molecule is CC\C=C/C=C\C=C/CCCCCCCCCC(=O)OC(COC(=O)CCCCCCC\C=C/C=C\C=C/CCCCCCC)COC(=O)CCCCCCCCCCCCCCCC. The van der Waals surface area contributed by atoms with Gasteiger partial charge in [0.1, 0.15) is 13.2 Å². The molecule has 0 aliphatic carbocycles. The molecular weight excluding hydrogens is 805 g/mol. The topological polar surface area (TPSA) is 78.9 Å². The van der Waals surface area contributed by atoms with E-state index < -0.39 is 6.10 Å². The maximum Gasteiger partial charge on any atom is 0.306 e. The third-order valence-electron chi connectivity index (χ3n) is 11.8. The van der Waals surface area contributed by atoms with Crippen LogP contribution in [0.5, 0.6) is 0 Å². The van der Waals surface area contributed by atoms with Gasteiger partial charge < -0.3 is 14.2 Å². The summed E-state index contributed by atoms with van der Waals surface area (Å²) in [5.41, 5.74) is 0. The van der Waals surface area contributed by atoms with Crippen LogP contribution in [0.25, 0.3) is 0 Å². The summed E-state index contributed by atoms with van der Waals surface area (Å²) in [5, 5.41) is 0. The molecule has 0 fully saturated rings. The molecule has 0 bridgehead atoms. The molecule has 0 heterocycles. The van der Waals surface area contributed by atoms with Crippen molar-refractivity contribution in [1.29, 1.82) is 0 Å². The molecule has 1 atom stereocenters. The van der Waals surface area contributed by atoms with Crippen LogP contribution in [0, 0.1) is 0 Å². The van der Waals surface area contributed by atoms with Gasteiger partial charge in [0, 0.05) is 19.3 Å². The molecule has 0 saturated heterocycles. The predicted octanol–water partition coefficient (Wildman–Crippen LogP) is 18.2. The van der Waals surface area contributed by atoms with E-state index in [1.54, 1.807) is 0 Å². The second-order valence-corrected chi connectivity index (χ2v) is 18.2. The van der Waals surface area contributed by atoms with Crippen LogP contribution in [0.3, 0.4) is 0 Å². The Morgan fingerprint density at radius 2 is 0.600 bits per heavy atom. The highest BCUT2D eigenvalue weighted by atomic mass is 16.6. The first-order valence-corrected chi connectivity index (χ1v) is 27.5. The summed E-state index contributed by atoms with van der Waals surface area (Å²) in [4.78, 5) is 38.1. The van der Waals surface area contributed by atoms with Gasteiger partial charge in [-0.1, -0.05) is 254 Å². The summed E-state index contributed by atoms with van der Waals surface area (Å²) < 4.78 is 16.8. The zero-order valence-corrected chi connectivity index (χ0v) is 42.7. The molecule has 0 N–H and O–H groups in total. The summed E-state index contributed by atoms with van der Waals surface area (Å²) in [6.07, 6.45) is 67.4. The maximum absolute atomic E-state index is 12.8. The Labute approximate surface area is 402 Å². The van der Waals surface area contributed by atoms with E-state index in [0.29, 0.717) is 19.3 Å². The first-order chi connectivity index (χ1) is 32.0. The lowest BCUT2D eigenvalue weighted by Gasteiger charge is -2.18. The highest BCUT2D eigenvalue weighted by Crippen LogP contribution is 2.15. The van der Waals surface area contributed by atoms with E-state index in [1.165, 1.54) is 135 Å². The van der Waals surface area contributed by atoms with Gasteiger partial charge in [-0.3, -0.25) is 14.4 Å². The molecule has 0 aromatic carbocycles. The molecule has 0 amide bonds. The second kappa shape index (κ2) is 53.5. The Hall–Kier alpha value is -3.15. The average Bonchev–Trinajstić information content (AvgIpc) is 3.30. The summed E-state index contributed by atoms with van der Waals surface area (Å²) in [6.45, 7) is 6.48. The van der Waals surface area contributed by atoms with E-state index >= 15 is 0 Å². The summed E-state index contributed by atoms with van der Waals surface area (Å²) in [7, 11) is 0. The van der Waals surface area contributed by atoms with Gasteiger partial charge in [-0.05, 0) is 64.2 Å². The predicted molar refractivity (Wildman–Crippen MR) is 279 cm³/mol. The van der Waals surface area contributed by atoms with Crippen molar-refractivity contribution < 1.29 is 28.6 Å². The van der Waals surface area contributed by atoms with E-state index in [0.717, 1.165) is 89.9 Å². The van der Waals surface area contributed by atoms with Crippen molar-refractivity contribution >= 4 is 17.9 Å². The summed E-state index contributed by atoms with van der Waals surface area (Å²) in [6, 6.07) is 0. The lowest BCUT2D eigenvalue weighted by atomic mass is 10.0. The third kappa shape index (κ3) is 51.7. The molecule has 0 aromatic rings. The molecule has 374 valence electrons. The van der Waals surface area contributed by atoms with Gasteiger partial charge in [0.2, 0.25) is 0 Å². The van der Waals surface area contributed by atoms with Gasteiger partial charge in [0.05, 0.1) is 0 Å². The number of carbonyl (C=O) groups is 3. The van der Waals surface area contributed by atoms with E-state index in [-0.39, 0.29) is 31.1 Å². The number of hydrogen-bond acceptors (Lipinski definition) is 6. The standard InChI is InChI=1S/C59H102O6/c1-4-7-10-13-16-19-22-25-28-29-30-32-34-37-40-43-46-49-52-58(61)64-55-56(54-63-57(60)51-48-45-42-39-36-33-27-24-21-18-15-12-9-6-3)65-59(62)53-50-47-44-41-38-35-31-26-23-20-17-14-11-8-5-2/h8,11,14,17,20,22-23,25,28-30,32,56H,4-7,9-10,12-13,15-16,18-19,21,24,26-27,31,33-55H2,1-3H3/b11-8-,17-14-,23-20-,25-22-,29-28-,32-30-. The smallest absolute Gasteiger partial charge is 0.306 e. The van der Waals surface area contributed by atoms with Crippen molar-refractivity contribution in [2.45, 2.75) is 271 Å². The fourth-order valence-electron chi connectivity index (χ4n) is 7.68. The van der Waals surface area contributed by atoms with Crippen molar-refractivity contribution in [2.75, 3.05) is 13.2 Å². The van der Waals surface area contributed by atoms with E-state index in [1.807, 2.05) is 0 Å². The van der Waals surface area contributed by atoms with Crippen LogP contribution in [0.1, 0.15) is 265 Å². The highest BCUT2D eigenvalue weighted by molar-refractivity contribution is 5.71. The molecule has 0 aliphatic rings. The maximum atomic E-state index is 12.8. The monoisotopic (exact) mass is 907 g/mol. The van der Waals surface area contributed by atoms with E-state index in [9.17, 15) is 14.4 Å². The van der Waals surface area contributed by atoms with E-state index in [4.69, 9.17) is 14.2 Å². The largest absolute Gasteiger partial charge is 0.462 e. The molecule has 0 rings (SSSR count). The molecule has 0 aromatic heterocycles. The number of carbonyl (C=O) groups excluding carboxylic acids is 3. The van der Waals surface area contributed by atoms with Crippen LogP contribution in [-0.4, -0.2) is 37.2 Å². The third-order valence-corrected chi connectivity index (χ3v) is 11.8. The molecule has 1 unspecified atom stereocenters. The van der Waals surface area contributed by atoms with Crippen LogP contribution >= 0.6 is 0 Å². The van der Waals surface area contributed by atoms with Gasteiger partial charge in [0.25, 0.3) is 0 Å². The first kappa shape index (κ1) is 61.9. The van der Waals surface area contributed by atoms with Crippen molar-refractivity contribution in [3.05, 3.63) is 72.9 Å². The number of rotatable bonds is 49. The van der Waals surface area contributed by atoms with Crippen molar-refractivity contribution in [2.24, 2.45) is 0 Å². The second-order valence-electron chi connectivity index (χ2n) is 18.2. The minimum Gasteiger partial charge on any atom is -0.462 e. The van der Waals surface area contributed by atoms with Gasteiger partial charge in [-0.15, -0.1) is 0 Å². The zero-order chi connectivity index (χ0) is 47.2. The quantitative estimate of drug-likeness (QED) is 0.0262. The van der Waals surface area contributed by atoms with Gasteiger partial charge in [0.15, 0.2) is 6.10 Å². The van der Waals surface area contributed by atoms with Crippen LogP contribution in [0.4, 0.5) is 0 Å². The number of esters is 3. The average molecular weight is 907 g/mol. The molecule has 6 nitrogen and oxygen atoms in total. The number of hydrogen-bond donors (Lipinski definition) is 0. The van der Waals surface area contributed by atoms with Crippen molar-refractivity contribution in [1.82, 2.24) is 0 Å². The fourth-order valence-corrected chi connectivity index (χ4v) is 7.68. The Bertz CT molecular complexity index is 1230. The molecule has 65 heavy (non-hydrogen) atoms. The highest BCUT2D eigenvalue weighted by Gasteiger charge is 2.19. The number of ether oxygens (including phenoxy) is 3. The summed E-state index contributed by atoms with van der Waals surface area (Å²) >= 11 is 0. The summed E-state index contributed by atoms with van der Waals surface area (Å²) in [5.74, 6) is -0.911. The Morgan fingerprint density at radius 1 is 0.323 bits per heavy atom. The van der Waals surface area contributed by atoms with Gasteiger partial charge in [-0.2, -0.15) is 0 Å². The molecule has 0 spiro atoms. The van der Waals surface area contributed by atoms with Crippen molar-refractivity contribution in [3.8, 4) is 0 Å². The van der Waals surface area contributed by atoms with Crippen LogP contribution < -0.4 is 0 Å². The van der Waals surface area contributed by atoms with Crippen molar-refractivity contribution in [3.63, 3.8) is 0 Å². The lowest BCUT2D eigenvalue weighted by Crippen LogP contribution is -2.30. The van der Waals surface area contributed by atoms with E-state index in [2.05, 4.69) is 93.7 Å². The Morgan fingerprint density at radius 3 is 0.923 bits per heavy atom. The lowest BCUT2D eigenvalue weighted by molar-refractivity contribution is -0.167.